The zero-order valence-electron chi connectivity index (χ0n) is 14.7. The highest BCUT2D eigenvalue weighted by atomic mass is 16.5. The van der Waals surface area contributed by atoms with Crippen LogP contribution in [0.25, 0.3) is 0 Å². The maximum absolute atomic E-state index is 12.8. The molecule has 2 fully saturated rings. The summed E-state index contributed by atoms with van der Waals surface area (Å²) < 4.78 is 4.58. The van der Waals surface area contributed by atoms with E-state index in [2.05, 4.69) is 41.2 Å². The first-order valence-electron chi connectivity index (χ1n) is 8.68. The number of alkyl carbamates (subject to hydrolysis) is 1. The molecule has 1 aliphatic heterocycles. The van der Waals surface area contributed by atoms with E-state index in [0.717, 1.165) is 13.1 Å². The van der Waals surface area contributed by atoms with Gasteiger partial charge in [-0.3, -0.25) is 4.79 Å². The lowest BCUT2D eigenvalue weighted by Crippen LogP contribution is -2.42. The number of aryl methyl sites for hydroxylation is 1. The molecule has 2 amide bonds. The van der Waals surface area contributed by atoms with Crippen molar-refractivity contribution in [1.29, 1.82) is 0 Å². The van der Waals surface area contributed by atoms with Crippen molar-refractivity contribution in [3.05, 3.63) is 35.4 Å². The molecule has 1 N–H and O–H groups in total. The molecule has 1 aromatic rings. The minimum atomic E-state index is -0.484. The second kappa shape index (κ2) is 6.46. The highest BCUT2D eigenvalue weighted by Gasteiger charge is 2.61. The van der Waals surface area contributed by atoms with E-state index >= 15 is 0 Å². The molecule has 1 saturated heterocycles. The SMILES string of the molecule is CCC(CNC(=O)OC)C(=O)N1CC2CC2(c2cccc(C)c2)C1. The van der Waals surface area contributed by atoms with Crippen molar-refractivity contribution in [1.82, 2.24) is 10.2 Å². The number of carbonyl (C=O) groups excluding carboxylic acids is 2. The number of benzene rings is 1. The second-order valence-corrected chi connectivity index (χ2v) is 7.12. The lowest BCUT2D eigenvalue weighted by Gasteiger charge is -2.26. The molecule has 5 heteroatoms. The van der Waals surface area contributed by atoms with Crippen LogP contribution in [0.4, 0.5) is 4.79 Å². The molecule has 1 aliphatic carbocycles. The molecule has 0 radical (unpaired) electrons. The summed E-state index contributed by atoms with van der Waals surface area (Å²) in [6, 6.07) is 8.66. The number of methoxy groups -OCH3 is 1. The van der Waals surface area contributed by atoms with E-state index in [1.807, 2.05) is 11.8 Å². The maximum Gasteiger partial charge on any atom is 0.406 e. The average Bonchev–Trinajstić information content (AvgIpc) is 3.16. The molecule has 3 rings (SSSR count). The van der Waals surface area contributed by atoms with Gasteiger partial charge in [0.15, 0.2) is 0 Å². The lowest BCUT2D eigenvalue weighted by atomic mass is 9.93. The van der Waals surface area contributed by atoms with Crippen molar-refractivity contribution in [3.8, 4) is 0 Å². The first-order chi connectivity index (χ1) is 11.5. The minimum absolute atomic E-state index is 0.146. The molecule has 0 spiro atoms. The topological polar surface area (TPSA) is 58.6 Å². The Morgan fingerprint density at radius 2 is 2.25 bits per heavy atom. The van der Waals surface area contributed by atoms with E-state index in [1.54, 1.807) is 0 Å². The fourth-order valence-electron chi connectivity index (χ4n) is 4.00. The predicted octanol–water partition coefficient (Wildman–Crippen LogP) is 2.48. The fraction of sp³-hybridized carbons (Fsp3) is 0.579. The highest BCUT2D eigenvalue weighted by molar-refractivity contribution is 5.80. The summed E-state index contributed by atoms with van der Waals surface area (Å²) in [6.07, 6.45) is 1.40. The molecule has 3 atom stereocenters. The summed E-state index contributed by atoms with van der Waals surface area (Å²) in [4.78, 5) is 26.1. The number of nitrogens with one attached hydrogen (secondary N) is 1. The number of amides is 2. The van der Waals surface area contributed by atoms with Gasteiger partial charge in [-0.2, -0.15) is 0 Å². The third-order valence-electron chi connectivity index (χ3n) is 5.57. The Morgan fingerprint density at radius 1 is 1.46 bits per heavy atom. The molecule has 1 aromatic carbocycles. The molecule has 3 unspecified atom stereocenters. The van der Waals surface area contributed by atoms with Crippen LogP contribution in [0.1, 0.15) is 30.9 Å². The third-order valence-corrected chi connectivity index (χ3v) is 5.57. The van der Waals surface area contributed by atoms with Gasteiger partial charge in [-0.1, -0.05) is 36.8 Å². The monoisotopic (exact) mass is 330 g/mol. The van der Waals surface area contributed by atoms with Crippen molar-refractivity contribution in [2.24, 2.45) is 11.8 Å². The molecule has 0 aromatic heterocycles. The van der Waals surface area contributed by atoms with Crippen molar-refractivity contribution in [3.63, 3.8) is 0 Å². The summed E-state index contributed by atoms with van der Waals surface area (Å²) >= 11 is 0. The Morgan fingerprint density at radius 3 is 2.92 bits per heavy atom. The largest absolute Gasteiger partial charge is 0.453 e. The van der Waals surface area contributed by atoms with Crippen LogP contribution in [0.3, 0.4) is 0 Å². The molecule has 1 saturated carbocycles. The summed E-state index contributed by atoms with van der Waals surface area (Å²) in [5.41, 5.74) is 2.80. The van der Waals surface area contributed by atoms with Crippen LogP contribution in [0, 0.1) is 18.8 Å². The normalized spacial score (nSPS) is 25.8. The van der Waals surface area contributed by atoms with Gasteiger partial charge in [0, 0.05) is 25.0 Å². The summed E-state index contributed by atoms with van der Waals surface area (Å²) in [5.74, 6) is 0.540. The summed E-state index contributed by atoms with van der Waals surface area (Å²) in [7, 11) is 1.33. The Balaban J connectivity index is 1.65. The van der Waals surface area contributed by atoms with Crippen LogP contribution < -0.4 is 5.32 Å². The van der Waals surface area contributed by atoms with Crippen LogP contribution >= 0.6 is 0 Å². The molecule has 24 heavy (non-hydrogen) atoms. The van der Waals surface area contributed by atoms with Crippen LogP contribution in [0.15, 0.2) is 24.3 Å². The van der Waals surface area contributed by atoms with Crippen molar-refractivity contribution in [2.45, 2.75) is 32.1 Å². The third kappa shape index (κ3) is 2.99. The second-order valence-electron chi connectivity index (χ2n) is 7.12. The van der Waals surface area contributed by atoms with Crippen LogP contribution in [0.2, 0.25) is 0 Å². The van der Waals surface area contributed by atoms with Gasteiger partial charge < -0.3 is 15.0 Å². The number of hydrogen-bond acceptors (Lipinski definition) is 3. The number of ether oxygens (including phenoxy) is 1. The van der Waals surface area contributed by atoms with Gasteiger partial charge in [-0.25, -0.2) is 4.79 Å². The number of likely N-dealkylation sites (tertiary alicyclic amines) is 1. The molecule has 0 bridgehead atoms. The van der Waals surface area contributed by atoms with Gasteiger partial charge in [0.05, 0.1) is 13.0 Å². The molecular weight excluding hydrogens is 304 g/mol. The Labute approximate surface area is 143 Å². The molecular formula is C19H26N2O3. The number of fused-ring (bicyclic) bond motifs is 1. The predicted molar refractivity (Wildman–Crippen MR) is 91.7 cm³/mol. The van der Waals surface area contributed by atoms with Crippen molar-refractivity contribution in [2.75, 3.05) is 26.7 Å². The number of rotatable bonds is 5. The van der Waals surface area contributed by atoms with Gasteiger partial charge in [-0.05, 0) is 31.2 Å². The zero-order valence-corrected chi connectivity index (χ0v) is 14.7. The first-order valence-corrected chi connectivity index (χ1v) is 8.68. The van der Waals surface area contributed by atoms with Crippen LogP contribution in [-0.2, 0) is 14.9 Å². The van der Waals surface area contributed by atoms with E-state index in [0.29, 0.717) is 18.9 Å². The van der Waals surface area contributed by atoms with Gasteiger partial charge in [-0.15, -0.1) is 0 Å². The maximum atomic E-state index is 12.8. The quantitative estimate of drug-likeness (QED) is 0.902. The minimum Gasteiger partial charge on any atom is -0.453 e. The number of carbonyl (C=O) groups is 2. The van der Waals surface area contributed by atoms with Gasteiger partial charge in [0.25, 0.3) is 0 Å². The summed E-state index contributed by atoms with van der Waals surface area (Å²) in [6.45, 7) is 6.06. The average molecular weight is 330 g/mol. The van der Waals surface area contributed by atoms with E-state index in [1.165, 1.54) is 24.7 Å². The Hall–Kier alpha value is -2.04. The molecule has 130 valence electrons. The smallest absolute Gasteiger partial charge is 0.406 e. The number of hydrogen-bond donors (Lipinski definition) is 1. The van der Waals surface area contributed by atoms with E-state index < -0.39 is 6.09 Å². The first kappa shape index (κ1) is 16.8. The fourth-order valence-corrected chi connectivity index (χ4v) is 4.00. The Kier molecular flexibility index (Phi) is 4.52. The van der Waals surface area contributed by atoms with E-state index in [4.69, 9.17) is 0 Å². The van der Waals surface area contributed by atoms with Crippen molar-refractivity contribution >= 4 is 12.0 Å². The molecule has 1 heterocycles. The van der Waals surface area contributed by atoms with Crippen molar-refractivity contribution < 1.29 is 14.3 Å². The van der Waals surface area contributed by atoms with E-state index in [-0.39, 0.29) is 17.2 Å². The van der Waals surface area contributed by atoms with Gasteiger partial charge in [0.1, 0.15) is 0 Å². The molecule has 2 aliphatic rings. The van der Waals surface area contributed by atoms with Gasteiger partial charge >= 0.3 is 6.09 Å². The standard InChI is InChI=1S/C19H26N2O3/c1-4-14(10-20-18(23)24-3)17(22)21-11-16-9-19(16,12-21)15-7-5-6-13(2)8-15/h5-8,14,16H,4,9-12H2,1-3H3,(H,20,23). The van der Waals surface area contributed by atoms with E-state index in [9.17, 15) is 9.59 Å². The van der Waals surface area contributed by atoms with Crippen LogP contribution in [0.5, 0.6) is 0 Å². The number of nitrogens with zero attached hydrogens (tertiary/aromatic N) is 1. The lowest BCUT2D eigenvalue weighted by molar-refractivity contribution is -0.135. The number of piperidine rings is 1. The Bertz CT molecular complexity index is 645. The highest BCUT2D eigenvalue weighted by Crippen LogP contribution is 2.59. The molecule has 5 nitrogen and oxygen atoms in total. The summed E-state index contributed by atoms with van der Waals surface area (Å²) in [5, 5.41) is 2.65. The zero-order chi connectivity index (χ0) is 17.3. The van der Waals surface area contributed by atoms with Crippen LogP contribution in [-0.4, -0.2) is 43.6 Å². The van der Waals surface area contributed by atoms with Gasteiger partial charge in [0.2, 0.25) is 5.91 Å².